The van der Waals surface area contributed by atoms with Crippen molar-refractivity contribution in [2.75, 3.05) is 0 Å². The van der Waals surface area contributed by atoms with Gasteiger partial charge in [0.2, 0.25) is 0 Å². The number of allylic oxidation sites excluding steroid dienone is 3. The molecule has 1 aliphatic rings. The Bertz CT molecular complexity index is 498. The zero-order valence-electron chi connectivity index (χ0n) is 11.4. The predicted octanol–water partition coefficient (Wildman–Crippen LogP) is 4.58. The van der Waals surface area contributed by atoms with Crippen molar-refractivity contribution in [2.24, 2.45) is 5.73 Å². The average Bonchev–Trinajstić information content (AvgIpc) is 2.42. The standard InChI is InChI=1S/C14H15NS.C2H6/c1-9-4-5-12(8-15)7-13(9)16-14-6-10(2)11(14)3;1-2/h4-7H,2-3,8,15H2,1H3;1-2H3. The zero-order valence-corrected chi connectivity index (χ0v) is 12.2. The van der Waals surface area contributed by atoms with E-state index in [0.717, 1.165) is 16.7 Å². The molecule has 0 aromatic heterocycles. The van der Waals surface area contributed by atoms with Crippen molar-refractivity contribution in [1.29, 1.82) is 0 Å². The van der Waals surface area contributed by atoms with Gasteiger partial charge in [-0.1, -0.05) is 50.9 Å². The largest absolute Gasteiger partial charge is 0.326 e. The molecule has 0 heterocycles. The van der Waals surface area contributed by atoms with Crippen LogP contribution in [0.1, 0.15) is 25.0 Å². The van der Waals surface area contributed by atoms with Gasteiger partial charge < -0.3 is 5.73 Å². The third-order valence-electron chi connectivity index (χ3n) is 2.70. The van der Waals surface area contributed by atoms with Crippen LogP contribution in [0.5, 0.6) is 0 Å². The minimum absolute atomic E-state index is 0.584. The summed E-state index contributed by atoms with van der Waals surface area (Å²) in [7, 11) is 0. The lowest BCUT2D eigenvalue weighted by atomic mass is 9.99. The van der Waals surface area contributed by atoms with Gasteiger partial charge in [-0.3, -0.25) is 0 Å². The van der Waals surface area contributed by atoms with Crippen LogP contribution in [0, 0.1) is 6.92 Å². The monoisotopic (exact) mass is 259 g/mol. The Morgan fingerprint density at radius 2 is 1.89 bits per heavy atom. The molecular weight excluding hydrogens is 238 g/mol. The summed E-state index contributed by atoms with van der Waals surface area (Å²) in [6.07, 6.45) is 2.07. The van der Waals surface area contributed by atoms with Gasteiger partial charge in [-0.2, -0.15) is 0 Å². The van der Waals surface area contributed by atoms with Gasteiger partial charge in [-0.25, -0.2) is 0 Å². The fourth-order valence-electron chi connectivity index (χ4n) is 1.50. The van der Waals surface area contributed by atoms with Gasteiger partial charge in [0.05, 0.1) is 0 Å². The van der Waals surface area contributed by atoms with Gasteiger partial charge in [0, 0.05) is 16.3 Å². The number of hydrogen-bond donors (Lipinski definition) is 1. The summed E-state index contributed by atoms with van der Waals surface area (Å²) in [5.74, 6) is 0. The maximum Gasteiger partial charge on any atom is 0.0200 e. The van der Waals surface area contributed by atoms with Gasteiger partial charge >= 0.3 is 0 Å². The maximum atomic E-state index is 5.64. The van der Waals surface area contributed by atoms with E-state index >= 15 is 0 Å². The molecule has 1 aromatic carbocycles. The molecular formula is C16H21NS. The Labute approximate surface area is 114 Å². The maximum absolute atomic E-state index is 5.64. The van der Waals surface area contributed by atoms with E-state index in [-0.39, 0.29) is 0 Å². The first-order valence-electron chi connectivity index (χ1n) is 6.19. The van der Waals surface area contributed by atoms with Gasteiger partial charge in [-0.15, -0.1) is 0 Å². The Morgan fingerprint density at radius 1 is 1.22 bits per heavy atom. The molecule has 0 spiro atoms. The third-order valence-corrected chi connectivity index (χ3v) is 3.94. The quantitative estimate of drug-likeness (QED) is 0.859. The summed E-state index contributed by atoms with van der Waals surface area (Å²) < 4.78 is 0. The smallest absolute Gasteiger partial charge is 0.0200 e. The molecule has 0 aliphatic heterocycles. The van der Waals surface area contributed by atoms with Crippen LogP contribution in [-0.4, -0.2) is 0 Å². The fraction of sp³-hybridized carbons (Fsp3) is 0.250. The summed E-state index contributed by atoms with van der Waals surface area (Å²) in [6.45, 7) is 14.6. The molecule has 0 saturated carbocycles. The molecule has 0 radical (unpaired) electrons. The summed E-state index contributed by atoms with van der Waals surface area (Å²) in [5, 5.41) is 0. The SMILES string of the molecule is C=C1C=C(Sc2cc(CN)ccc2C)C1=C.CC. The van der Waals surface area contributed by atoms with Crippen molar-refractivity contribution < 1.29 is 0 Å². The highest BCUT2D eigenvalue weighted by molar-refractivity contribution is 8.03. The molecule has 1 nitrogen and oxygen atoms in total. The highest BCUT2D eigenvalue weighted by Crippen LogP contribution is 2.42. The van der Waals surface area contributed by atoms with E-state index in [1.54, 1.807) is 11.8 Å². The summed E-state index contributed by atoms with van der Waals surface area (Å²) in [5.41, 5.74) is 10.2. The van der Waals surface area contributed by atoms with Crippen LogP contribution < -0.4 is 5.73 Å². The topological polar surface area (TPSA) is 26.0 Å². The van der Waals surface area contributed by atoms with E-state index in [2.05, 4.69) is 44.4 Å². The normalized spacial score (nSPS) is 13.4. The van der Waals surface area contributed by atoms with Crippen molar-refractivity contribution in [1.82, 2.24) is 0 Å². The molecule has 96 valence electrons. The van der Waals surface area contributed by atoms with E-state index in [4.69, 9.17) is 5.73 Å². The highest BCUT2D eigenvalue weighted by atomic mass is 32.2. The van der Waals surface area contributed by atoms with Gasteiger partial charge in [0.15, 0.2) is 0 Å². The predicted molar refractivity (Wildman–Crippen MR) is 82.6 cm³/mol. The van der Waals surface area contributed by atoms with Crippen LogP contribution in [0.4, 0.5) is 0 Å². The fourth-order valence-corrected chi connectivity index (χ4v) is 2.64. The second-order valence-corrected chi connectivity index (χ2v) is 5.00. The highest BCUT2D eigenvalue weighted by Gasteiger charge is 2.17. The van der Waals surface area contributed by atoms with Gasteiger partial charge in [0.25, 0.3) is 0 Å². The Kier molecular flexibility index (Phi) is 5.45. The summed E-state index contributed by atoms with van der Waals surface area (Å²) in [4.78, 5) is 2.46. The van der Waals surface area contributed by atoms with E-state index < -0.39 is 0 Å². The minimum Gasteiger partial charge on any atom is -0.326 e. The second-order valence-electron chi connectivity index (χ2n) is 3.92. The van der Waals surface area contributed by atoms with Gasteiger partial charge in [0.1, 0.15) is 0 Å². The zero-order chi connectivity index (χ0) is 13.7. The molecule has 18 heavy (non-hydrogen) atoms. The third kappa shape index (κ3) is 3.15. The Balaban J connectivity index is 0.000000771. The number of nitrogens with two attached hydrogens (primary N) is 1. The minimum atomic E-state index is 0.584. The first-order chi connectivity index (χ1) is 8.61. The lowest BCUT2D eigenvalue weighted by Gasteiger charge is -2.20. The summed E-state index contributed by atoms with van der Waals surface area (Å²) >= 11 is 1.74. The molecule has 0 bridgehead atoms. The summed E-state index contributed by atoms with van der Waals surface area (Å²) in [6, 6.07) is 6.33. The first-order valence-corrected chi connectivity index (χ1v) is 7.01. The molecule has 0 saturated heterocycles. The van der Waals surface area contributed by atoms with Crippen LogP contribution in [0.15, 0.2) is 58.4 Å². The van der Waals surface area contributed by atoms with Crippen molar-refractivity contribution in [2.45, 2.75) is 32.2 Å². The molecule has 2 N–H and O–H groups in total. The average molecular weight is 259 g/mol. The molecule has 1 aromatic rings. The second kappa shape index (κ2) is 6.62. The van der Waals surface area contributed by atoms with Crippen molar-refractivity contribution in [3.05, 3.63) is 64.6 Å². The van der Waals surface area contributed by atoms with E-state index in [1.807, 2.05) is 13.8 Å². The Morgan fingerprint density at radius 3 is 2.39 bits per heavy atom. The molecule has 1 aliphatic carbocycles. The van der Waals surface area contributed by atoms with Crippen molar-refractivity contribution >= 4 is 11.8 Å². The molecule has 0 amide bonds. The number of benzene rings is 1. The number of rotatable bonds is 3. The number of thioether (sulfide) groups is 1. The van der Waals surface area contributed by atoms with E-state index in [1.165, 1.54) is 15.4 Å². The molecule has 2 rings (SSSR count). The first kappa shape index (κ1) is 14.8. The van der Waals surface area contributed by atoms with Crippen LogP contribution in [0.25, 0.3) is 0 Å². The number of hydrogen-bond acceptors (Lipinski definition) is 2. The molecule has 0 unspecified atom stereocenters. The van der Waals surface area contributed by atoms with E-state index in [0.29, 0.717) is 6.54 Å². The van der Waals surface area contributed by atoms with Crippen molar-refractivity contribution in [3.63, 3.8) is 0 Å². The molecule has 0 fully saturated rings. The van der Waals surface area contributed by atoms with Crippen LogP contribution in [0.2, 0.25) is 0 Å². The lowest BCUT2D eigenvalue weighted by molar-refractivity contribution is 1.05. The number of aryl methyl sites for hydroxylation is 1. The van der Waals surface area contributed by atoms with Crippen LogP contribution in [-0.2, 0) is 6.54 Å². The lowest BCUT2D eigenvalue weighted by Crippen LogP contribution is -2.00. The Hall–Kier alpha value is -1.25. The van der Waals surface area contributed by atoms with Crippen LogP contribution in [0.3, 0.4) is 0 Å². The molecule has 0 atom stereocenters. The van der Waals surface area contributed by atoms with E-state index in [9.17, 15) is 0 Å². The van der Waals surface area contributed by atoms with Crippen LogP contribution >= 0.6 is 11.8 Å². The van der Waals surface area contributed by atoms with Crippen molar-refractivity contribution in [3.8, 4) is 0 Å². The van der Waals surface area contributed by atoms with Gasteiger partial charge in [-0.05, 0) is 41.3 Å². The molecule has 2 heteroatoms.